The normalized spacial score (nSPS) is 17.4. The second-order valence-electron chi connectivity index (χ2n) is 4.54. The van der Waals surface area contributed by atoms with Crippen LogP contribution in [0.2, 0.25) is 0 Å². The van der Waals surface area contributed by atoms with Gasteiger partial charge in [0, 0.05) is 20.2 Å². The van der Waals surface area contributed by atoms with Gasteiger partial charge in [0.25, 0.3) is 0 Å². The summed E-state index contributed by atoms with van der Waals surface area (Å²) in [4.78, 5) is 0. The third-order valence-corrected chi connectivity index (χ3v) is 3.16. The Morgan fingerprint density at radius 1 is 1.62 bits per heavy atom. The molecule has 0 spiro atoms. The average molecular weight is 223 g/mol. The fraction of sp³-hybridized carbons (Fsp3) is 0.750. The molecule has 1 heterocycles. The quantitative estimate of drug-likeness (QED) is 0.799. The van der Waals surface area contributed by atoms with E-state index in [1.54, 1.807) is 7.11 Å². The van der Waals surface area contributed by atoms with Crippen LogP contribution in [-0.4, -0.2) is 29.5 Å². The highest BCUT2D eigenvalue weighted by Crippen LogP contribution is 2.34. The van der Waals surface area contributed by atoms with E-state index >= 15 is 0 Å². The van der Waals surface area contributed by atoms with Crippen molar-refractivity contribution < 1.29 is 4.74 Å². The maximum Gasteiger partial charge on any atom is 0.124 e. The summed E-state index contributed by atoms with van der Waals surface area (Å²) in [6.45, 7) is 2.90. The second kappa shape index (κ2) is 4.87. The van der Waals surface area contributed by atoms with Crippen LogP contribution in [0.5, 0.6) is 0 Å². The van der Waals surface area contributed by atoms with Gasteiger partial charge in [0.05, 0.1) is 18.3 Å². The maximum atomic E-state index is 5.26. The second-order valence-corrected chi connectivity index (χ2v) is 4.54. The van der Waals surface area contributed by atoms with Gasteiger partial charge >= 0.3 is 0 Å². The van der Waals surface area contributed by atoms with Gasteiger partial charge in [-0.1, -0.05) is 6.92 Å². The standard InChI is InChI=1S/C12H21N3O/c1-4-10-7-12(15(2)14-10)13-11(8-16-3)9-5-6-9/h7,9,11,13H,4-6,8H2,1-3H3. The molecule has 4 nitrogen and oxygen atoms in total. The van der Waals surface area contributed by atoms with Crippen LogP contribution in [0.1, 0.15) is 25.5 Å². The van der Waals surface area contributed by atoms with Gasteiger partial charge in [-0.25, -0.2) is 0 Å². The predicted octanol–water partition coefficient (Wildman–Crippen LogP) is 1.82. The smallest absolute Gasteiger partial charge is 0.124 e. The molecule has 1 unspecified atom stereocenters. The minimum Gasteiger partial charge on any atom is -0.383 e. The maximum absolute atomic E-state index is 5.26. The van der Waals surface area contributed by atoms with Crippen LogP contribution < -0.4 is 5.32 Å². The summed E-state index contributed by atoms with van der Waals surface area (Å²) in [6.07, 6.45) is 3.62. The molecule has 0 radical (unpaired) electrons. The molecule has 1 aliphatic carbocycles. The van der Waals surface area contributed by atoms with Gasteiger partial charge in [0.2, 0.25) is 0 Å². The van der Waals surface area contributed by atoms with E-state index in [4.69, 9.17) is 4.74 Å². The van der Waals surface area contributed by atoms with Crippen LogP contribution in [0.15, 0.2) is 6.07 Å². The van der Waals surface area contributed by atoms with Crippen LogP contribution >= 0.6 is 0 Å². The average Bonchev–Trinajstić information content (AvgIpc) is 3.05. The molecule has 1 aromatic heterocycles. The van der Waals surface area contributed by atoms with E-state index in [1.165, 1.54) is 12.8 Å². The van der Waals surface area contributed by atoms with Crippen LogP contribution in [0.3, 0.4) is 0 Å². The first-order valence-electron chi connectivity index (χ1n) is 6.03. The molecule has 1 fully saturated rings. The molecule has 90 valence electrons. The summed E-state index contributed by atoms with van der Waals surface area (Å²) in [5, 5.41) is 7.98. The molecule has 1 aliphatic rings. The molecule has 4 heteroatoms. The molecule has 2 rings (SSSR count). The Bertz CT molecular complexity index is 344. The highest BCUT2D eigenvalue weighted by Gasteiger charge is 2.31. The first-order chi connectivity index (χ1) is 7.74. The van der Waals surface area contributed by atoms with E-state index in [0.29, 0.717) is 6.04 Å². The number of rotatable bonds is 6. The van der Waals surface area contributed by atoms with Crippen LogP contribution in [-0.2, 0) is 18.2 Å². The van der Waals surface area contributed by atoms with Gasteiger partial charge in [0.1, 0.15) is 5.82 Å². The number of nitrogens with one attached hydrogen (secondary N) is 1. The fourth-order valence-corrected chi connectivity index (χ4v) is 2.00. The Labute approximate surface area is 97.0 Å². The molecule has 1 N–H and O–H groups in total. The number of aromatic nitrogens is 2. The number of hydrogen-bond acceptors (Lipinski definition) is 3. The van der Waals surface area contributed by atoms with E-state index in [9.17, 15) is 0 Å². The van der Waals surface area contributed by atoms with Crippen molar-refractivity contribution in [2.75, 3.05) is 19.0 Å². The van der Waals surface area contributed by atoms with Crippen molar-refractivity contribution in [1.82, 2.24) is 9.78 Å². The molecule has 0 amide bonds. The molecular formula is C12H21N3O. The predicted molar refractivity (Wildman–Crippen MR) is 64.6 cm³/mol. The lowest BCUT2D eigenvalue weighted by atomic mass is 10.2. The summed E-state index contributed by atoms with van der Waals surface area (Å²) >= 11 is 0. The van der Waals surface area contributed by atoms with Crippen molar-refractivity contribution in [2.24, 2.45) is 13.0 Å². The van der Waals surface area contributed by atoms with Gasteiger partial charge in [0.15, 0.2) is 0 Å². The number of anilines is 1. The molecular weight excluding hydrogens is 202 g/mol. The van der Waals surface area contributed by atoms with Crippen LogP contribution in [0, 0.1) is 5.92 Å². The van der Waals surface area contributed by atoms with Gasteiger partial charge in [-0.3, -0.25) is 4.68 Å². The summed E-state index contributed by atoms with van der Waals surface area (Å²) < 4.78 is 7.18. The zero-order valence-corrected chi connectivity index (χ0v) is 10.4. The SMILES string of the molecule is CCc1cc(NC(COC)C2CC2)n(C)n1. The highest BCUT2D eigenvalue weighted by atomic mass is 16.5. The number of hydrogen-bond donors (Lipinski definition) is 1. The molecule has 0 aliphatic heterocycles. The van der Waals surface area contributed by atoms with Crippen molar-refractivity contribution in [3.8, 4) is 0 Å². The lowest BCUT2D eigenvalue weighted by molar-refractivity contribution is 0.179. The van der Waals surface area contributed by atoms with Crippen LogP contribution in [0.4, 0.5) is 5.82 Å². The molecule has 0 aromatic carbocycles. The van der Waals surface area contributed by atoms with E-state index in [2.05, 4.69) is 23.4 Å². The number of methoxy groups -OCH3 is 1. The first kappa shape index (κ1) is 11.5. The lowest BCUT2D eigenvalue weighted by Gasteiger charge is -2.18. The van der Waals surface area contributed by atoms with Gasteiger partial charge in [-0.05, 0) is 25.2 Å². The van der Waals surface area contributed by atoms with E-state index in [-0.39, 0.29) is 0 Å². The van der Waals surface area contributed by atoms with Gasteiger partial charge in [-0.15, -0.1) is 0 Å². The number of nitrogens with zero attached hydrogens (tertiary/aromatic N) is 2. The van der Waals surface area contributed by atoms with E-state index in [1.807, 2.05) is 11.7 Å². The van der Waals surface area contributed by atoms with Gasteiger partial charge < -0.3 is 10.1 Å². The third-order valence-electron chi connectivity index (χ3n) is 3.16. The molecule has 1 atom stereocenters. The highest BCUT2D eigenvalue weighted by molar-refractivity contribution is 5.38. The van der Waals surface area contributed by atoms with Crippen molar-refractivity contribution in [3.05, 3.63) is 11.8 Å². The zero-order valence-electron chi connectivity index (χ0n) is 10.4. The largest absolute Gasteiger partial charge is 0.383 e. The van der Waals surface area contributed by atoms with Crippen molar-refractivity contribution >= 4 is 5.82 Å². The Morgan fingerprint density at radius 3 is 2.88 bits per heavy atom. The topological polar surface area (TPSA) is 39.1 Å². The zero-order chi connectivity index (χ0) is 11.5. The van der Waals surface area contributed by atoms with Gasteiger partial charge in [-0.2, -0.15) is 5.10 Å². The Balaban J connectivity index is 2.02. The summed E-state index contributed by atoms with van der Waals surface area (Å²) in [6, 6.07) is 2.57. The van der Waals surface area contributed by atoms with Crippen molar-refractivity contribution in [1.29, 1.82) is 0 Å². The lowest BCUT2D eigenvalue weighted by Crippen LogP contribution is -2.28. The minimum absolute atomic E-state index is 0.435. The third kappa shape index (κ3) is 2.55. The monoisotopic (exact) mass is 223 g/mol. The molecule has 0 bridgehead atoms. The summed E-state index contributed by atoms with van der Waals surface area (Å²) in [5.74, 6) is 1.88. The molecule has 16 heavy (non-hydrogen) atoms. The summed E-state index contributed by atoms with van der Waals surface area (Å²) in [7, 11) is 3.75. The van der Waals surface area contributed by atoms with E-state index < -0.39 is 0 Å². The Morgan fingerprint density at radius 2 is 2.38 bits per heavy atom. The molecule has 0 saturated heterocycles. The fourth-order valence-electron chi connectivity index (χ4n) is 2.00. The minimum atomic E-state index is 0.435. The summed E-state index contributed by atoms with van der Waals surface area (Å²) in [5.41, 5.74) is 1.14. The van der Waals surface area contributed by atoms with Crippen molar-refractivity contribution in [2.45, 2.75) is 32.2 Å². The molecule has 1 aromatic rings. The first-order valence-corrected chi connectivity index (χ1v) is 6.03. The van der Waals surface area contributed by atoms with E-state index in [0.717, 1.165) is 30.5 Å². The number of ether oxygens (including phenoxy) is 1. The Kier molecular flexibility index (Phi) is 3.49. The van der Waals surface area contributed by atoms with Crippen molar-refractivity contribution in [3.63, 3.8) is 0 Å². The Hall–Kier alpha value is -1.03. The number of aryl methyl sites for hydroxylation is 2. The molecule has 1 saturated carbocycles. The van der Waals surface area contributed by atoms with Crippen LogP contribution in [0.25, 0.3) is 0 Å².